The zero-order chi connectivity index (χ0) is 12.7. The molecule has 1 aromatic rings. The molecule has 0 radical (unpaired) electrons. The standard InChI is InChI=1S/C11H18N2O3S/c1-4-13(5-6-15-2)11-12-9(8-16-3)10(7-14)17-11/h7H,4-6,8H2,1-3H3. The van der Waals surface area contributed by atoms with Crippen LogP contribution >= 0.6 is 11.3 Å². The summed E-state index contributed by atoms with van der Waals surface area (Å²) in [6.45, 7) is 4.66. The Bertz CT molecular complexity index is 354. The predicted octanol–water partition coefficient (Wildman–Crippen LogP) is 1.57. The van der Waals surface area contributed by atoms with Gasteiger partial charge in [-0.25, -0.2) is 4.98 Å². The third-order valence-electron chi connectivity index (χ3n) is 2.32. The van der Waals surface area contributed by atoms with E-state index in [9.17, 15) is 4.79 Å². The van der Waals surface area contributed by atoms with E-state index in [1.165, 1.54) is 11.3 Å². The number of methoxy groups -OCH3 is 2. The number of aldehydes is 1. The van der Waals surface area contributed by atoms with Gasteiger partial charge in [0.25, 0.3) is 0 Å². The van der Waals surface area contributed by atoms with Crippen LogP contribution in [0.3, 0.4) is 0 Å². The van der Waals surface area contributed by atoms with Gasteiger partial charge in [0.1, 0.15) is 0 Å². The van der Waals surface area contributed by atoms with E-state index in [4.69, 9.17) is 9.47 Å². The largest absolute Gasteiger partial charge is 0.383 e. The number of carbonyl (C=O) groups is 1. The molecule has 0 aliphatic rings. The number of ether oxygens (including phenoxy) is 2. The van der Waals surface area contributed by atoms with Crippen LogP contribution < -0.4 is 4.90 Å². The second kappa shape index (κ2) is 7.37. The van der Waals surface area contributed by atoms with E-state index in [2.05, 4.69) is 9.88 Å². The summed E-state index contributed by atoms with van der Waals surface area (Å²) in [5.41, 5.74) is 0.707. The maximum Gasteiger partial charge on any atom is 0.186 e. The molecular formula is C11H18N2O3S. The first-order valence-electron chi connectivity index (χ1n) is 5.44. The summed E-state index contributed by atoms with van der Waals surface area (Å²) < 4.78 is 10.1. The number of hydrogen-bond donors (Lipinski definition) is 0. The summed E-state index contributed by atoms with van der Waals surface area (Å²) in [5, 5.41) is 0.846. The average molecular weight is 258 g/mol. The normalized spacial score (nSPS) is 10.5. The molecule has 0 atom stereocenters. The molecule has 1 rings (SSSR count). The van der Waals surface area contributed by atoms with Crippen molar-refractivity contribution in [3.63, 3.8) is 0 Å². The van der Waals surface area contributed by atoms with Gasteiger partial charge in [-0.1, -0.05) is 11.3 Å². The zero-order valence-corrected chi connectivity index (χ0v) is 11.2. The summed E-state index contributed by atoms with van der Waals surface area (Å²) >= 11 is 1.39. The van der Waals surface area contributed by atoms with E-state index in [0.29, 0.717) is 23.8 Å². The molecule has 0 fully saturated rings. The van der Waals surface area contributed by atoms with Crippen LogP contribution in [-0.2, 0) is 16.1 Å². The van der Waals surface area contributed by atoms with E-state index in [1.54, 1.807) is 14.2 Å². The molecule has 5 nitrogen and oxygen atoms in total. The Morgan fingerprint density at radius 3 is 2.71 bits per heavy atom. The van der Waals surface area contributed by atoms with Gasteiger partial charge in [-0.3, -0.25) is 4.79 Å². The van der Waals surface area contributed by atoms with Crippen molar-refractivity contribution in [3.8, 4) is 0 Å². The van der Waals surface area contributed by atoms with Crippen LogP contribution in [-0.4, -0.2) is 45.2 Å². The molecule has 0 aliphatic heterocycles. The van der Waals surface area contributed by atoms with Crippen LogP contribution in [0.5, 0.6) is 0 Å². The van der Waals surface area contributed by atoms with E-state index < -0.39 is 0 Å². The maximum absolute atomic E-state index is 10.9. The van der Waals surface area contributed by atoms with E-state index >= 15 is 0 Å². The minimum atomic E-state index is 0.367. The smallest absolute Gasteiger partial charge is 0.186 e. The van der Waals surface area contributed by atoms with Gasteiger partial charge in [-0.2, -0.15) is 0 Å². The fourth-order valence-electron chi connectivity index (χ4n) is 1.41. The van der Waals surface area contributed by atoms with Crippen molar-refractivity contribution in [2.75, 3.05) is 38.8 Å². The number of thiazole rings is 1. The Morgan fingerprint density at radius 1 is 1.41 bits per heavy atom. The summed E-state index contributed by atoms with van der Waals surface area (Å²) in [7, 11) is 3.26. The fraction of sp³-hybridized carbons (Fsp3) is 0.636. The van der Waals surface area contributed by atoms with Gasteiger partial charge in [-0.15, -0.1) is 0 Å². The first kappa shape index (κ1) is 14.1. The quantitative estimate of drug-likeness (QED) is 0.663. The Kier molecular flexibility index (Phi) is 6.10. The highest BCUT2D eigenvalue weighted by Crippen LogP contribution is 2.25. The highest BCUT2D eigenvalue weighted by molar-refractivity contribution is 7.17. The van der Waals surface area contributed by atoms with Crippen LogP contribution in [0.2, 0.25) is 0 Å². The lowest BCUT2D eigenvalue weighted by atomic mass is 10.4. The van der Waals surface area contributed by atoms with Gasteiger partial charge in [0.05, 0.1) is 23.8 Å². The lowest BCUT2D eigenvalue weighted by molar-refractivity contribution is 0.112. The third kappa shape index (κ3) is 3.76. The van der Waals surface area contributed by atoms with Crippen LogP contribution in [0.25, 0.3) is 0 Å². The predicted molar refractivity (Wildman–Crippen MR) is 68.0 cm³/mol. The van der Waals surface area contributed by atoms with E-state index in [1.807, 2.05) is 6.92 Å². The molecule has 96 valence electrons. The van der Waals surface area contributed by atoms with Gasteiger partial charge in [-0.05, 0) is 6.92 Å². The van der Waals surface area contributed by atoms with Crippen molar-refractivity contribution < 1.29 is 14.3 Å². The van der Waals surface area contributed by atoms with Crippen molar-refractivity contribution in [1.82, 2.24) is 4.98 Å². The molecular weight excluding hydrogens is 240 g/mol. The van der Waals surface area contributed by atoms with Gasteiger partial charge in [0.15, 0.2) is 11.4 Å². The van der Waals surface area contributed by atoms with Crippen LogP contribution in [0, 0.1) is 0 Å². The summed E-state index contributed by atoms with van der Waals surface area (Å²) in [5.74, 6) is 0. The fourth-order valence-corrected chi connectivity index (χ4v) is 2.38. The molecule has 1 heterocycles. The summed E-state index contributed by atoms with van der Waals surface area (Å²) in [6, 6.07) is 0. The Morgan fingerprint density at radius 2 is 2.18 bits per heavy atom. The molecule has 0 aliphatic carbocycles. The van der Waals surface area contributed by atoms with Crippen molar-refractivity contribution in [2.24, 2.45) is 0 Å². The van der Waals surface area contributed by atoms with Gasteiger partial charge in [0, 0.05) is 27.3 Å². The molecule has 0 saturated carbocycles. The van der Waals surface area contributed by atoms with Gasteiger partial charge in [0.2, 0.25) is 0 Å². The molecule has 0 aromatic carbocycles. The summed E-state index contributed by atoms with van der Waals surface area (Å²) in [6.07, 6.45) is 0.833. The van der Waals surface area contributed by atoms with E-state index in [0.717, 1.165) is 24.5 Å². The molecule has 0 saturated heterocycles. The third-order valence-corrected chi connectivity index (χ3v) is 3.41. The van der Waals surface area contributed by atoms with Crippen LogP contribution in [0.15, 0.2) is 0 Å². The minimum absolute atomic E-state index is 0.367. The number of nitrogens with zero attached hydrogens (tertiary/aromatic N) is 2. The second-order valence-corrected chi connectivity index (χ2v) is 4.44. The van der Waals surface area contributed by atoms with Gasteiger partial charge < -0.3 is 14.4 Å². The first-order chi connectivity index (χ1) is 8.26. The number of hydrogen-bond acceptors (Lipinski definition) is 6. The monoisotopic (exact) mass is 258 g/mol. The number of likely N-dealkylation sites (N-methyl/N-ethyl adjacent to an activating group) is 1. The Labute approximate surface area is 105 Å². The lowest BCUT2D eigenvalue weighted by Crippen LogP contribution is -2.26. The number of anilines is 1. The Balaban J connectivity index is 2.84. The second-order valence-electron chi connectivity index (χ2n) is 3.43. The molecule has 0 unspecified atom stereocenters. The molecule has 0 spiro atoms. The SMILES string of the molecule is CCN(CCOC)c1nc(COC)c(C=O)s1. The minimum Gasteiger partial charge on any atom is -0.383 e. The van der Waals surface area contributed by atoms with Crippen LogP contribution in [0.1, 0.15) is 22.3 Å². The molecule has 1 aromatic heterocycles. The number of aromatic nitrogens is 1. The molecule has 17 heavy (non-hydrogen) atoms. The zero-order valence-electron chi connectivity index (χ0n) is 10.4. The van der Waals surface area contributed by atoms with Crippen molar-refractivity contribution in [2.45, 2.75) is 13.5 Å². The van der Waals surface area contributed by atoms with E-state index in [-0.39, 0.29) is 0 Å². The van der Waals surface area contributed by atoms with Crippen molar-refractivity contribution in [3.05, 3.63) is 10.6 Å². The maximum atomic E-state index is 10.9. The molecule has 0 bridgehead atoms. The van der Waals surface area contributed by atoms with Crippen molar-refractivity contribution in [1.29, 1.82) is 0 Å². The highest BCUT2D eigenvalue weighted by Gasteiger charge is 2.14. The van der Waals surface area contributed by atoms with Gasteiger partial charge >= 0.3 is 0 Å². The molecule has 6 heteroatoms. The molecule has 0 amide bonds. The summed E-state index contributed by atoms with van der Waals surface area (Å²) in [4.78, 5) is 18.1. The molecule has 0 N–H and O–H groups in total. The average Bonchev–Trinajstić information content (AvgIpc) is 2.74. The highest BCUT2D eigenvalue weighted by atomic mass is 32.1. The lowest BCUT2D eigenvalue weighted by Gasteiger charge is -2.18. The number of carbonyl (C=O) groups excluding carboxylic acids is 1. The van der Waals surface area contributed by atoms with Crippen LogP contribution in [0.4, 0.5) is 5.13 Å². The Hall–Kier alpha value is -0.980. The van der Waals surface area contributed by atoms with Crippen molar-refractivity contribution >= 4 is 22.8 Å². The first-order valence-corrected chi connectivity index (χ1v) is 6.26. The number of rotatable bonds is 8. The topological polar surface area (TPSA) is 51.7 Å².